The van der Waals surface area contributed by atoms with Gasteiger partial charge in [0, 0.05) is 4.90 Å². The van der Waals surface area contributed by atoms with Crippen LogP contribution in [0.4, 0.5) is 0 Å². The van der Waals surface area contributed by atoms with Gasteiger partial charge in [-0.05, 0) is 49.2 Å². The number of hydrogen-bond acceptors (Lipinski definition) is 4. The molecule has 140 valence electrons. The monoisotopic (exact) mass is 374 g/mol. The average molecular weight is 375 g/mol. The van der Waals surface area contributed by atoms with E-state index in [1.807, 2.05) is 62.4 Å². The number of aryl methyl sites for hydroxylation is 1. The number of benzene rings is 2. The molecule has 0 bridgehead atoms. The first-order chi connectivity index (χ1) is 12.5. The summed E-state index contributed by atoms with van der Waals surface area (Å²) in [5.74, 6) is 0.994. The van der Waals surface area contributed by atoms with Crippen molar-refractivity contribution in [1.82, 2.24) is 0 Å². The van der Waals surface area contributed by atoms with Gasteiger partial charge in [-0.15, -0.1) is 0 Å². The molecular weight excluding hydrogens is 348 g/mol. The van der Waals surface area contributed by atoms with Crippen LogP contribution in [-0.4, -0.2) is 34.9 Å². The van der Waals surface area contributed by atoms with Gasteiger partial charge in [-0.3, -0.25) is 4.21 Å². The molecule has 2 atom stereocenters. The van der Waals surface area contributed by atoms with Crippen molar-refractivity contribution in [2.45, 2.75) is 31.5 Å². The van der Waals surface area contributed by atoms with Crippen molar-refractivity contribution in [1.29, 1.82) is 0 Å². The van der Waals surface area contributed by atoms with Gasteiger partial charge in [0.15, 0.2) is 0 Å². The van der Waals surface area contributed by atoms with Gasteiger partial charge in [-0.2, -0.15) is 0 Å². The molecule has 0 aliphatic heterocycles. The molecule has 0 heterocycles. The van der Waals surface area contributed by atoms with Crippen LogP contribution in [0.2, 0.25) is 0 Å². The lowest BCUT2D eigenvalue weighted by molar-refractivity contribution is 0.141. The number of rotatable bonds is 9. The third kappa shape index (κ3) is 6.75. The maximum absolute atomic E-state index is 12.3. The van der Waals surface area contributed by atoms with E-state index in [2.05, 4.69) is 0 Å². The first kappa shape index (κ1) is 20.4. The van der Waals surface area contributed by atoms with Crippen molar-refractivity contribution < 1.29 is 18.8 Å². The van der Waals surface area contributed by atoms with Crippen LogP contribution in [0.5, 0.6) is 5.75 Å². The van der Waals surface area contributed by atoms with Crippen LogP contribution in [-0.2, 0) is 22.1 Å². The van der Waals surface area contributed by atoms with E-state index in [0.29, 0.717) is 13.2 Å². The van der Waals surface area contributed by atoms with Gasteiger partial charge < -0.3 is 14.6 Å². The van der Waals surface area contributed by atoms with Crippen LogP contribution in [0.15, 0.2) is 65.1 Å². The van der Waals surface area contributed by atoms with Gasteiger partial charge in [0.1, 0.15) is 5.75 Å². The minimum absolute atomic E-state index is 0.179. The van der Waals surface area contributed by atoms with E-state index in [9.17, 15) is 9.32 Å². The molecule has 0 aliphatic carbocycles. The van der Waals surface area contributed by atoms with Crippen LogP contribution in [0.3, 0.4) is 0 Å². The van der Waals surface area contributed by atoms with E-state index >= 15 is 0 Å². The second kappa shape index (κ2) is 10.3. The Morgan fingerprint density at radius 1 is 1.15 bits per heavy atom. The fourth-order valence-corrected chi connectivity index (χ4v) is 3.46. The molecule has 2 rings (SSSR count). The minimum Gasteiger partial charge on any atom is -0.497 e. The van der Waals surface area contributed by atoms with Crippen LogP contribution < -0.4 is 4.74 Å². The van der Waals surface area contributed by atoms with E-state index in [0.717, 1.165) is 27.3 Å². The summed E-state index contributed by atoms with van der Waals surface area (Å²) in [6.07, 6.45) is 0.946. The topological polar surface area (TPSA) is 55.8 Å². The predicted octanol–water partition coefficient (Wildman–Crippen LogP) is 3.64. The lowest BCUT2D eigenvalue weighted by Gasteiger charge is -2.10. The van der Waals surface area contributed by atoms with Crippen molar-refractivity contribution in [3.8, 4) is 5.75 Å². The summed E-state index contributed by atoms with van der Waals surface area (Å²) in [6, 6.07) is 15.2. The van der Waals surface area contributed by atoms with Gasteiger partial charge in [-0.1, -0.05) is 35.9 Å². The number of aliphatic hydroxyl groups is 1. The van der Waals surface area contributed by atoms with Crippen molar-refractivity contribution in [2.24, 2.45) is 0 Å². The van der Waals surface area contributed by atoms with Gasteiger partial charge in [0.25, 0.3) is 0 Å². The fourth-order valence-electron chi connectivity index (χ4n) is 2.42. The summed E-state index contributed by atoms with van der Waals surface area (Å²) in [6.45, 7) is 4.78. The predicted molar refractivity (Wildman–Crippen MR) is 105 cm³/mol. The molecule has 0 saturated heterocycles. The summed E-state index contributed by atoms with van der Waals surface area (Å²) in [5.41, 5.74) is 3.09. The second-order valence-electron chi connectivity index (χ2n) is 6.25. The fraction of sp³-hybridized carbons (Fsp3) is 0.333. The van der Waals surface area contributed by atoms with Gasteiger partial charge in [-0.25, -0.2) is 0 Å². The molecule has 2 aromatic carbocycles. The zero-order valence-corrected chi connectivity index (χ0v) is 16.3. The van der Waals surface area contributed by atoms with E-state index < -0.39 is 16.9 Å². The SMILES string of the molecule is COc1ccc(COC/C(C)=C/[C@@H](O)CS(=O)c2ccc(C)cc2)cc1. The average Bonchev–Trinajstić information content (AvgIpc) is 2.62. The molecule has 0 spiro atoms. The van der Waals surface area contributed by atoms with Crippen molar-refractivity contribution in [3.63, 3.8) is 0 Å². The highest BCUT2D eigenvalue weighted by atomic mass is 32.2. The summed E-state index contributed by atoms with van der Waals surface area (Å²) in [7, 11) is 0.412. The molecule has 0 radical (unpaired) electrons. The molecule has 0 aromatic heterocycles. The summed E-state index contributed by atoms with van der Waals surface area (Å²) < 4.78 is 23.1. The second-order valence-corrected chi connectivity index (χ2v) is 7.74. The Hall–Kier alpha value is -1.95. The Kier molecular flexibility index (Phi) is 8.04. The van der Waals surface area contributed by atoms with Crippen molar-refractivity contribution in [3.05, 3.63) is 71.3 Å². The first-order valence-corrected chi connectivity index (χ1v) is 9.81. The molecule has 0 aliphatic rings. The lowest BCUT2D eigenvalue weighted by atomic mass is 10.2. The maximum Gasteiger partial charge on any atom is 0.118 e. The highest BCUT2D eigenvalue weighted by Gasteiger charge is 2.10. The Labute approximate surface area is 157 Å². The summed E-state index contributed by atoms with van der Waals surface area (Å²) >= 11 is 0. The number of hydrogen-bond donors (Lipinski definition) is 1. The molecule has 26 heavy (non-hydrogen) atoms. The Balaban J connectivity index is 1.78. The zero-order chi connectivity index (χ0) is 18.9. The van der Waals surface area contributed by atoms with Gasteiger partial charge in [0.2, 0.25) is 0 Å². The van der Waals surface area contributed by atoms with Crippen LogP contribution >= 0.6 is 0 Å². The Morgan fingerprint density at radius 3 is 2.42 bits per heavy atom. The quantitative estimate of drug-likeness (QED) is 0.681. The third-order valence-corrected chi connectivity index (χ3v) is 5.28. The van der Waals surface area contributed by atoms with E-state index in [4.69, 9.17) is 9.47 Å². The largest absolute Gasteiger partial charge is 0.497 e. The number of ether oxygens (including phenoxy) is 2. The highest BCUT2D eigenvalue weighted by Crippen LogP contribution is 2.13. The Morgan fingerprint density at radius 2 is 1.81 bits per heavy atom. The summed E-state index contributed by atoms with van der Waals surface area (Å²) in [5, 5.41) is 10.1. The van der Waals surface area contributed by atoms with Gasteiger partial charge in [0.05, 0.1) is 43.0 Å². The minimum atomic E-state index is -1.22. The molecule has 0 amide bonds. The molecule has 5 heteroatoms. The van der Waals surface area contributed by atoms with Crippen molar-refractivity contribution in [2.75, 3.05) is 19.5 Å². The maximum atomic E-state index is 12.3. The lowest BCUT2D eigenvalue weighted by Crippen LogP contribution is -2.15. The highest BCUT2D eigenvalue weighted by molar-refractivity contribution is 7.85. The van der Waals surface area contributed by atoms with E-state index in [1.54, 1.807) is 13.2 Å². The molecule has 2 aromatic rings. The molecule has 1 N–H and O–H groups in total. The van der Waals surface area contributed by atoms with E-state index in [-0.39, 0.29) is 5.75 Å². The smallest absolute Gasteiger partial charge is 0.118 e. The van der Waals surface area contributed by atoms with Gasteiger partial charge >= 0.3 is 0 Å². The molecule has 0 saturated carbocycles. The summed E-state index contributed by atoms with van der Waals surface area (Å²) in [4.78, 5) is 0.733. The molecular formula is C21H26O4S. The van der Waals surface area contributed by atoms with Crippen LogP contribution in [0, 0.1) is 6.92 Å². The standard InChI is InChI=1S/C21H26O4S/c1-16-4-10-21(11-5-16)26(23)15-19(22)12-17(2)13-25-14-18-6-8-20(24-3)9-7-18/h4-12,19,22H,13-15H2,1-3H3/b17-12+/t19-,26?/m1/s1. The molecule has 1 unspecified atom stereocenters. The molecule has 4 nitrogen and oxygen atoms in total. The Bertz CT molecular complexity index is 736. The normalized spacial score (nSPS) is 14.1. The van der Waals surface area contributed by atoms with Crippen LogP contribution in [0.1, 0.15) is 18.1 Å². The third-order valence-electron chi connectivity index (χ3n) is 3.84. The number of aliphatic hydroxyl groups excluding tert-OH is 1. The number of methoxy groups -OCH3 is 1. The first-order valence-electron chi connectivity index (χ1n) is 8.49. The van der Waals surface area contributed by atoms with Crippen molar-refractivity contribution >= 4 is 10.8 Å². The zero-order valence-electron chi connectivity index (χ0n) is 15.5. The molecule has 0 fully saturated rings. The van der Waals surface area contributed by atoms with E-state index in [1.165, 1.54) is 0 Å². The van der Waals surface area contributed by atoms with Crippen LogP contribution in [0.25, 0.3) is 0 Å².